The van der Waals surface area contributed by atoms with E-state index in [2.05, 4.69) is 5.43 Å². The van der Waals surface area contributed by atoms with Crippen LogP contribution in [0, 0.1) is 5.82 Å². The third kappa shape index (κ3) is 3.49. The number of rotatable bonds is 4. The number of thioether (sulfide) groups is 1. The van der Waals surface area contributed by atoms with E-state index in [4.69, 9.17) is 11.6 Å². The molecule has 0 aromatic heterocycles. The first kappa shape index (κ1) is 14.4. The van der Waals surface area contributed by atoms with E-state index in [0.717, 1.165) is 10.5 Å². The van der Waals surface area contributed by atoms with E-state index in [0.29, 0.717) is 17.0 Å². The Kier molecular flexibility index (Phi) is 4.60. The highest BCUT2D eigenvalue weighted by atomic mass is 32.2. The van der Waals surface area contributed by atoms with Gasteiger partial charge >= 0.3 is 0 Å². The minimum absolute atomic E-state index is 0.335. The summed E-state index contributed by atoms with van der Waals surface area (Å²) in [5, 5.41) is 0. The van der Waals surface area contributed by atoms with Crippen molar-refractivity contribution in [1.29, 1.82) is 0 Å². The topological polar surface area (TPSA) is 81.1 Å². The SMILES string of the molecule is NNC(=O)c1cccc(CSc2ccc(F)cc2N)c1. The van der Waals surface area contributed by atoms with Crippen LogP contribution in [0.3, 0.4) is 0 Å². The van der Waals surface area contributed by atoms with Gasteiger partial charge in [-0.1, -0.05) is 12.1 Å². The van der Waals surface area contributed by atoms with Gasteiger partial charge in [0, 0.05) is 21.9 Å². The lowest BCUT2D eigenvalue weighted by atomic mass is 10.1. The van der Waals surface area contributed by atoms with E-state index < -0.39 is 0 Å². The highest BCUT2D eigenvalue weighted by Gasteiger charge is 2.06. The maximum absolute atomic E-state index is 12.9. The van der Waals surface area contributed by atoms with E-state index in [1.165, 1.54) is 23.9 Å². The zero-order chi connectivity index (χ0) is 14.5. The van der Waals surface area contributed by atoms with Crippen LogP contribution < -0.4 is 17.0 Å². The number of hydrogen-bond acceptors (Lipinski definition) is 4. The summed E-state index contributed by atoms with van der Waals surface area (Å²) in [7, 11) is 0. The van der Waals surface area contributed by atoms with Crippen molar-refractivity contribution in [3.8, 4) is 0 Å². The zero-order valence-corrected chi connectivity index (χ0v) is 11.4. The molecule has 0 atom stereocenters. The van der Waals surface area contributed by atoms with Gasteiger partial charge in [0.15, 0.2) is 0 Å². The molecule has 2 aromatic rings. The first-order chi connectivity index (χ1) is 9.60. The van der Waals surface area contributed by atoms with Gasteiger partial charge in [-0.25, -0.2) is 10.2 Å². The van der Waals surface area contributed by atoms with Crippen LogP contribution in [0.1, 0.15) is 15.9 Å². The van der Waals surface area contributed by atoms with Crippen LogP contribution in [0.2, 0.25) is 0 Å². The number of carbonyl (C=O) groups is 1. The molecule has 0 aliphatic carbocycles. The average Bonchev–Trinajstić information content (AvgIpc) is 2.46. The second-order valence-corrected chi connectivity index (χ2v) is 5.16. The first-order valence-electron chi connectivity index (χ1n) is 5.88. The Labute approximate surface area is 120 Å². The molecule has 0 aliphatic rings. The lowest BCUT2D eigenvalue weighted by Gasteiger charge is -2.07. The summed E-state index contributed by atoms with van der Waals surface area (Å²) < 4.78 is 12.9. The smallest absolute Gasteiger partial charge is 0.265 e. The zero-order valence-electron chi connectivity index (χ0n) is 10.6. The fourth-order valence-electron chi connectivity index (χ4n) is 1.70. The number of halogens is 1. The van der Waals surface area contributed by atoms with Crippen molar-refractivity contribution in [2.75, 3.05) is 5.73 Å². The minimum atomic E-state index is -0.353. The summed E-state index contributed by atoms with van der Waals surface area (Å²) in [4.78, 5) is 12.2. The fourth-order valence-corrected chi connectivity index (χ4v) is 2.59. The third-order valence-electron chi connectivity index (χ3n) is 2.69. The van der Waals surface area contributed by atoms with Gasteiger partial charge in [-0.15, -0.1) is 11.8 Å². The standard InChI is InChI=1S/C14H14FN3OS/c15-11-4-5-13(12(16)7-11)20-8-9-2-1-3-10(6-9)14(19)18-17/h1-7H,8,16-17H2,(H,18,19). The Bertz CT molecular complexity index is 634. The summed E-state index contributed by atoms with van der Waals surface area (Å²) in [6, 6.07) is 11.4. The van der Waals surface area contributed by atoms with Crippen molar-refractivity contribution < 1.29 is 9.18 Å². The summed E-state index contributed by atoms with van der Waals surface area (Å²) in [6.45, 7) is 0. The van der Waals surface area contributed by atoms with Crippen molar-refractivity contribution in [2.24, 2.45) is 5.84 Å². The molecule has 0 aliphatic heterocycles. The van der Waals surface area contributed by atoms with Crippen molar-refractivity contribution >= 4 is 23.4 Å². The van der Waals surface area contributed by atoms with Gasteiger partial charge in [-0.2, -0.15) is 0 Å². The maximum Gasteiger partial charge on any atom is 0.265 e. The first-order valence-corrected chi connectivity index (χ1v) is 6.86. The number of nitrogen functional groups attached to an aromatic ring is 2. The predicted molar refractivity (Wildman–Crippen MR) is 78.5 cm³/mol. The van der Waals surface area contributed by atoms with Crippen molar-refractivity contribution in [1.82, 2.24) is 5.43 Å². The van der Waals surface area contributed by atoms with Gasteiger partial charge < -0.3 is 5.73 Å². The Hall–Kier alpha value is -2.05. The second-order valence-electron chi connectivity index (χ2n) is 4.14. The molecular weight excluding hydrogens is 277 g/mol. The van der Waals surface area contributed by atoms with Gasteiger partial charge in [0.2, 0.25) is 0 Å². The molecule has 0 unspecified atom stereocenters. The average molecular weight is 291 g/mol. The molecule has 0 saturated heterocycles. The summed E-state index contributed by atoms with van der Waals surface area (Å²) in [5.74, 6) is 5.03. The molecule has 6 heteroatoms. The number of benzene rings is 2. The van der Waals surface area contributed by atoms with Crippen LogP contribution in [0.4, 0.5) is 10.1 Å². The van der Waals surface area contributed by atoms with Crippen LogP contribution >= 0.6 is 11.8 Å². The van der Waals surface area contributed by atoms with Crippen LogP contribution in [0.25, 0.3) is 0 Å². The fraction of sp³-hybridized carbons (Fsp3) is 0.0714. The summed E-state index contributed by atoms with van der Waals surface area (Å²) in [6.07, 6.45) is 0. The summed E-state index contributed by atoms with van der Waals surface area (Å²) >= 11 is 1.48. The second kappa shape index (κ2) is 6.40. The molecule has 0 spiro atoms. The Morgan fingerprint density at radius 1 is 1.25 bits per heavy atom. The molecule has 0 saturated carbocycles. The number of hydrogen-bond donors (Lipinski definition) is 3. The van der Waals surface area contributed by atoms with Crippen LogP contribution in [-0.2, 0) is 5.75 Å². The molecule has 1 amide bonds. The lowest BCUT2D eigenvalue weighted by Crippen LogP contribution is -2.29. The Balaban J connectivity index is 2.09. The number of hydrazine groups is 1. The van der Waals surface area contributed by atoms with Gasteiger partial charge in [0.1, 0.15) is 5.82 Å². The van der Waals surface area contributed by atoms with E-state index >= 15 is 0 Å². The maximum atomic E-state index is 12.9. The van der Waals surface area contributed by atoms with Crippen molar-refractivity contribution in [3.63, 3.8) is 0 Å². The van der Waals surface area contributed by atoms with Gasteiger partial charge in [0.25, 0.3) is 5.91 Å². The number of nitrogens with one attached hydrogen (secondary N) is 1. The number of amides is 1. The number of anilines is 1. The van der Waals surface area contributed by atoms with Crippen molar-refractivity contribution in [2.45, 2.75) is 10.6 Å². The van der Waals surface area contributed by atoms with Crippen LogP contribution in [0.5, 0.6) is 0 Å². The van der Waals surface area contributed by atoms with Crippen LogP contribution in [-0.4, -0.2) is 5.91 Å². The highest BCUT2D eigenvalue weighted by Crippen LogP contribution is 2.28. The monoisotopic (exact) mass is 291 g/mol. The van der Waals surface area contributed by atoms with E-state index in [9.17, 15) is 9.18 Å². The minimum Gasteiger partial charge on any atom is -0.398 e. The Morgan fingerprint density at radius 3 is 2.75 bits per heavy atom. The number of nitrogens with two attached hydrogens (primary N) is 2. The molecule has 0 radical (unpaired) electrons. The quantitative estimate of drug-likeness (QED) is 0.265. The molecule has 0 heterocycles. The van der Waals surface area contributed by atoms with Gasteiger partial charge in [-0.3, -0.25) is 10.2 Å². The molecule has 4 nitrogen and oxygen atoms in total. The van der Waals surface area contributed by atoms with Crippen molar-refractivity contribution in [3.05, 3.63) is 59.4 Å². The lowest BCUT2D eigenvalue weighted by molar-refractivity contribution is 0.0953. The molecule has 2 aromatic carbocycles. The third-order valence-corrected chi connectivity index (χ3v) is 3.85. The molecular formula is C14H14FN3OS. The van der Waals surface area contributed by atoms with Crippen LogP contribution in [0.15, 0.2) is 47.4 Å². The molecule has 0 fully saturated rings. The number of carbonyl (C=O) groups excluding carboxylic acids is 1. The van der Waals surface area contributed by atoms with Gasteiger partial charge in [-0.05, 0) is 35.9 Å². The summed E-state index contributed by atoms with van der Waals surface area (Å²) in [5.41, 5.74) is 9.70. The largest absolute Gasteiger partial charge is 0.398 e. The Morgan fingerprint density at radius 2 is 2.05 bits per heavy atom. The molecule has 5 N–H and O–H groups in total. The molecule has 2 rings (SSSR count). The highest BCUT2D eigenvalue weighted by molar-refractivity contribution is 7.98. The van der Waals surface area contributed by atoms with Gasteiger partial charge in [0.05, 0.1) is 0 Å². The normalized spacial score (nSPS) is 10.3. The van der Waals surface area contributed by atoms with E-state index in [-0.39, 0.29) is 11.7 Å². The van der Waals surface area contributed by atoms with E-state index in [1.807, 2.05) is 6.07 Å². The molecule has 0 bridgehead atoms. The predicted octanol–water partition coefficient (Wildman–Crippen LogP) is 2.30. The molecule has 20 heavy (non-hydrogen) atoms. The molecule has 104 valence electrons. The van der Waals surface area contributed by atoms with E-state index in [1.54, 1.807) is 24.3 Å².